The zero-order valence-electron chi connectivity index (χ0n) is 17.2. The van der Waals surface area contributed by atoms with Gasteiger partial charge < -0.3 is 24.1 Å². The van der Waals surface area contributed by atoms with Crippen LogP contribution in [0.15, 0.2) is 25.8 Å². The van der Waals surface area contributed by atoms with Crippen molar-refractivity contribution in [1.82, 2.24) is 5.32 Å². The highest BCUT2D eigenvalue weighted by Gasteiger charge is 2.19. The minimum atomic E-state index is -1.33. The van der Waals surface area contributed by atoms with Gasteiger partial charge >= 0.3 is 5.63 Å². The summed E-state index contributed by atoms with van der Waals surface area (Å²) in [6, 6.07) is 2.57. The van der Waals surface area contributed by atoms with Crippen molar-refractivity contribution in [2.45, 2.75) is 53.5 Å². The molecule has 2 aromatic heterocycles. The number of furan rings is 1. The number of aryl methyl sites for hydroxylation is 3. The first kappa shape index (κ1) is 20.6. The van der Waals surface area contributed by atoms with Crippen LogP contribution in [0.3, 0.4) is 0 Å². The van der Waals surface area contributed by atoms with Crippen LogP contribution in [0.4, 0.5) is 0 Å². The monoisotopic (exact) mass is 398 g/mol. The highest BCUT2D eigenvalue weighted by molar-refractivity contribution is 5.96. The van der Waals surface area contributed by atoms with Gasteiger partial charge in [0, 0.05) is 28.8 Å². The SMILES string of the molecule is Cc1oc2cc3oc(=O)c(CCC(=O)N[C@H](C(=O)[O-])C(C)C)c(C)c3cc2c1C. The Kier molecular flexibility index (Phi) is 5.50. The van der Waals surface area contributed by atoms with Crippen LogP contribution in [-0.2, 0) is 16.0 Å². The molecule has 29 heavy (non-hydrogen) atoms. The number of aliphatic carboxylic acids is 1. The van der Waals surface area contributed by atoms with Gasteiger partial charge in [0.2, 0.25) is 5.91 Å². The number of hydrogen-bond acceptors (Lipinski definition) is 6. The third-order valence-corrected chi connectivity index (χ3v) is 5.42. The van der Waals surface area contributed by atoms with Gasteiger partial charge in [-0.3, -0.25) is 4.79 Å². The van der Waals surface area contributed by atoms with Crippen LogP contribution in [0.2, 0.25) is 0 Å². The quantitative estimate of drug-likeness (QED) is 0.638. The second-order valence-electron chi connectivity index (χ2n) is 7.73. The lowest BCUT2D eigenvalue weighted by Crippen LogP contribution is -2.50. The van der Waals surface area contributed by atoms with Crippen molar-refractivity contribution in [2.24, 2.45) is 5.92 Å². The van der Waals surface area contributed by atoms with E-state index in [9.17, 15) is 19.5 Å². The predicted octanol–water partition coefficient (Wildman–Crippen LogP) is 2.29. The van der Waals surface area contributed by atoms with Crippen LogP contribution in [0.25, 0.3) is 21.9 Å². The number of fused-ring (bicyclic) bond motifs is 2. The molecule has 1 amide bonds. The van der Waals surface area contributed by atoms with Gasteiger partial charge in [0.05, 0.1) is 12.0 Å². The number of carboxylic acid groups (broad SMARTS) is 1. The van der Waals surface area contributed by atoms with Crippen LogP contribution in [0.1, 0.15) is 42.7 Å². The number of amides is 1. The zero-order valence-corrected chi connectivity index (χ0v) is 17.2. The average molecular weight is 398 g/mol. The molecule has 2 heterocycles. The van der Waals surface area contributed by atoms with E-state index >= 15 is 0 Å². The molecular formula is C22H24NO6-. The van der Waals surface area contributed by atoms with Crippen molar-refractivity contribution in [3.8, 4) is 0 Å². The van der Waals surface area contributed by atoms with Crippen molar-refractivity contribution in [3.63, 3.8) is 0 Å². The second kappa shape index (κ2) is 7.73. The Morgan fingerprint density at radius 1 is 1.03 bits per heavy atom. The number of hydrogen-bond donors (Lipinski definition) is 1. The molecule has 0 spiro atoms. The molecule has 0 saturated heterocycles. The Bertz CT molecular complexity index is 1170. The maximum Gasteiger partial charge on any atom is 0.339 e. The Morgan fingerprint density at radius 2 is 1.66 bits per heavy atom. The minimum Gasteiger partial charge on any atom is -0.548 e. The lowest BCUT2D eigenvalue weighted by Gasteiger charge is -2.23. The second-order valence-corrected chi connectivity index (χ2v) is 7.73. The number of carbonyl (C=O) groups is 2. The summed E-state index contributed by atoms with van der Waals surface area (Å²) >= 11 is 0. The molecule has 1 N–H and O–H groups in total. The summed E-state index contributed by atoms with van der Waals surface area (Å²) in [5.74, 6) is -1.28. The molecule has 0 unspecified atom stereocenters. The van der Waals surface area contributed by atoms with E-state index in [2.05, 4.69) is 5.32 Å². The van der Waals surface area contributed by atoms with Crippen molar-refractivity contribution in [1.29, 1.82) is 0 Å². The molecule has 3 aromatic rings. The molecule has 1 aromatic carbocycles. The summed E-state index contributed by atoms with van der Waals surface area (Å²) in [7, 11) is 0. The maximum absolute atomic E-state index is 12.5. The van der Waals surface area contributed by atoms with Gasteiger partial charge in [0.25, 0.3) is 0 Å². The molecule has 0 aliphatic rings. The Labute approximate surface area is 167 Å². The molecule has 0 aliphatic heterocycles. The molecule has 7 heteroatoms. The van der Waals surface area contributed by atoms with Crippen LogP contribution >= 0.6 is 0 Å². The van der Waals surface area contributed by atoms with E-state index in [4.69, 9.17) is 8.83 Å². The Hall–Kier alpha value is -3.09. The van der Waals surface area contributed by atoms with Crippen molar-refractivity contribution in [2.75, 3.05) is 0 Å². The third-order valence-electron chi connectivity index (χ3n) is 5.42. The summed E-state index contributed by atoms with van der Waals surface area (Å²) in [5.41, 5.74) is 2.74. The van der Waals surface area contributed by atoms with E-state index in [-0.39, 0.29) is 18.8 Å². The number of carbonyl (C=O) groups excluding carboxylic acids is 2. The smallest absolute Gasteiger partial charge is 0.339 e. The normalized spacial score (nSPS) is 12.6. The topological polar surface area (TPSA) is 113 Å². The summed E-state index contributed by atoms with van der Waals surface area (Å²) in [6.45, 7) is 9.03. The van der Waals surface area contributed by atoms with Gasteiger partial charge in [-0.1, -0.05) is 13.8 Å². The van der Waals surface area contributed by atoms with Gasteiger partial charge in [-0.25, -0.2) is 4.79 Å². The van der Waals surface area contributed by atoms with Crippen LogP contribution < -0.4 is 16.0 Å². The summed E-state index contributed by atoms with van der Waals surface area (Å²) in [5, 5.41) is 15.3. The summed E-state index contributed by atoms with van der Waals surface area (Å²) in [4.78, 5) is 35.8. The fourth-order valence-electron chi connectivity index (χ4n) is 3.50. The molecule has 1 atom stereocenters. The van der Waals surface area contributed by atoms with E-state index in [1.807, 2.05) is 26.8 Å². The number of carboxylic acids is 1. The Morgan fingerprint density at radius 3 is 2.28 bits per heavy atom. The summed E-state index contributed by atoms with van der Waals surface area (Å²) in [6.07, 6.45) is 0.120. The van der Waals surface area contributed by atoms with Crippen molar-refractivity contribution >= 4 is 33.8 Å². The first-order valence-electron chi connectivity index (χ1n) is 9.56. The Balaban J connectivity index is 1.90. The fourth-order valence-corrected chi connectivity index (χ4v) is 3.50. The number of rotatable bonds is 6. The zero-order chi connectivity index (χ0) is 21.5. The van der Waals surface area contributed by atoms with Gasteiger partial charge in [-0.15, -0.1) is 0 Å². The number of benzene rings is 1. The van der Waals surface area contributed by atoms with Gasteiger partial charge in [-0.05, 0) is 50.3 Å². The van der Waals surface area contributed by atoms with E-state index < -0.39 is 23.5 Å². The lowest BCUT2D eigenvalue weighted by molar-refractivity contribution is -0.309. The molecule has 154 valence electrons. The first-order chi connectivity index (χ1) is 13.6. The van der Waals surface area contributed by atoms with Crippen LogP contribution in [0, 0.1) is 26.7 Å². The van der Waals surface area contributed by atoms with Crippen LogP contribution in [-0.4, -0.2) is 17.9 Å². The largest absolute Gasteiger partial charge is 0.548 e. The molecule has 0 bridgehead atoms. The molecular weight excluding hydrogens is 374 g/mol. The minimum absolute atomic E-state index is 0.0281. The predicted molar refractivity (Wildman–Crippen MR) is 107 cm³/mol. The van der Waals surface area contributed by atoms with Crippen molar-refractivity contribution in [3.05, 3.63) is 45.0 Å². The molecule has 0 saturated carbocycles. The number of nitrogens with one attached hydrogen (secondary N) is 1. The fraction of sp³-hybridized carbons (Fsp3) is 0.409. The highest BCUT2D eigenvalue weighted by Crippen LogP contribution is 2.31. The van der Waals surface area contributed by atoms with E-state index in [0.29, 0.717) is 16.7 Å². The van der Waals surface area contributed by atoms with E-state index in [1.165, 1.54) is 0 Å². The van der Waals surface area contributed by atoms with E-state index in [1.54, 1.807) is 19.9 Å². The first-order valence-corrected chi connectivity index (χ1v) is 9.56. The summed E-state index contributed by atoms with van der Waals surface area (Å²) < 4.78 is 11.2. The lowest BCUT2D eigenvalue weighted by atomic mass is 10.00. The molecule has 3 rings (SSSR count). The molecule has 0 fully saturated rings. The van der Waals surface area contributed by atoms with E-state index in [0.717, 1.165) is 27.7 Å². The molecule has 0 aliphatic carbocycles. The van der Waals surface area contributed by atoms with Crippen LogP contribution in [0.5, 0.6) is 0 Å². The molecule has 0 radical (unpaired) electrons. The third kappa shape index (κ3) is 3.90. The highest BCUT2D eigenvalue weighted by atomic mass is 16.4. The van der Waals surface area contributed by atoms with Crippen molar-refractivity contribution < 1.29 is 23.5 Å². The maximum atomic E-state index is 12.5. The molecule has 7 nitrogen and oxygen atoms in total. The van der Waals surface area contributed by atoms with Gasteiger partial charge in [0.15, 0.2) is 0 Å². The standard InChI is InChI=1S/C22H25NO6/c1-10(2)20(21(25)26)23-19(24)7-6-14-12(4)16-8-15-11(3)13(5)28-17(15)9-18(16)29-22(14)27/h8-10,20H,6-7H2,1-5H3,(H,23,24)(H,25,26)/p-1/t20-/m0/s1. The van der Waals surface area contributed by atoms with Gasteiger partial charge in [0.1, 0.15) is 16.9 Å². The van der Waals surface area contributed by atoms with Gasteiger partial charge in [-0.2, -0.15) is 0 Å². The average Bonchev–Trinajstić information content (AvgIpc) is 2.91.